The Kier molecular flexibility index (Phi) is 8.04. The fourth-order valence-corrected chi connectivity index (χ4v) is 4.01. The minimum Gasteiger partial charge on any atom is -0.494 e. The molecule has 0 spiro atoms. The van der Waals surface area contributed by atoms with Gasteiger partial charge in [-0.05, 0) is 67.4 Å². The second-order valence-electron chi connectivity index (χ2n) is 7.08. The molecule has 0 heterocycles. The van der Waals surface area contributed by atoms with E-state index in [-0.39, 0.29) is 22.8 Å². The molecule has 0 aliphatic heterocycles. The lowest BCUT2D eigenvalue weighted by atomic mass is 10.1. The number of amides is 2. The van der Waals surface area contributed by atoms with Gasteiger partial charge in [0.2, 0.25) is 5.91 Å². The van der Waals surface area contributed by atoms with E-state index in [1.54, 1.807) is 12.1 Å². The van der Waals surface area contributed by atoms with Gasteiger partial charge in [-0.2, -0.15) is 0 Å². The number of nitrogens with one attached hydrogen (secondary N) is 3. The van der Waals surface area contributed by atoms with Gasteiger partial charge in [0.15, 0.2) is 0 Å². The molecule has 0 aromatic heterocycles. The van der Waals surface area contributed by atoms with Crippen molar-refractivity contribution in [1.82, 2.24) is 10.9 Å². The minimum atomic E-state index is -3.79. The Morgan fingerprint density at radius 1 is 0.848 bits per heavy atom. The molecule has 3 N–H and O–H groups in total. The van der Waals surface area contributed by atoms with E-state index >= 15 is 0 Å². The van der Waals surface area contributed by atoms with Gasteiger partial charge in [0.05, 0.1) is 11.5 Å². The summed E-state index contributed by atoms with van der Waals surface area (Å²) in [5.74, 6) is -0.241. The van der Waals surface area contributed by atoms with Crippen LogP contribution in [0.2, 0.25) is 0 Å². The first-order valence-electron chi connectivity index (χ1n) is 10.4. The van der Waals surface area contributed by atoms with Gasteiger partial charge in [0.25, 0.3) is 15.9 Å². The van der Waals surface area contributed by atoms with Gasteiger partial charge in [0.1, 0.15) is 5.75 Å². The molecule has 0 bridgehead atoms. The van der Waals surface area contributed by atoms with E-state index in [0.717, 1.165) is 5.56 Å². The molecule has 0 radical (unpaired) electrons. The molecule has 8 nitrogen and oxygen atoms in total. The number of aryl methyl sites for hydroxylation is 1. The Morgan fingerprint density at radius 3 is 2.15 bits per heavy atom. The predicted molar refractivity (Wildman–Crippen MR) is 125 cm³/mol. The fraction of sp³-hybridized carbons (Fsp3) is 0.167. The summed E-state index contributed by atoms with van der Waals surface area (Å²) in [7, 11) is -3.79. The maximum atomic E-state index is 12.6. The Hall–Kier alpha value is -3.85. The van der Waals surface area contributed by atoms with Crippen molar-refractivity contribution in [2.24, 2.45) is 0 Å². The summed E-state index contributed by atoms with van der Waals surface area (Å²) >= 11 is 0. The Labute approximate surface area is 193 Å². The molecular weight excluding hydrogens is 442 g/mol. The lowest BCUT2D eigenvalue weighted by molar-refractivity contribution is -0.121. The van der Waals surface area contributed by atoms with Crippen LogP contribution in [0, 0.1) is 0 Å². The summed E-state index contributed by atoms with van der Waals surface area (Å²) in [5, 5.41) is 0. The number of rotatable bonds is 9. The van der Waals surface area contributed by atoms with Crippen molar-refractivity contribution in [2.75, 3.05) is 11.3 Å². The van der Waals surface area contributed by atoms with Crippen molar-refractivity contribution in [3.63, 3.8) is 0 Å². The van der Waals surface area contributed by atoms with Crippen LogP contribution in [-0.2, 0) is 21.2 Å². The number of benzene rings is 3. The van der Waals surface area contributed by atoms with Gasteiger partial charge in [-0.25, -0.2) is 8.42 Å². The number of hydrogen-bond acceptors (Lipinski definition) is 5. The molecule has 3 aromatic carbocycles. The van der Waals surface area contributed by atoms with Crippen LogP contribution in [0.1, 0.15) is 29.3 Å². The van der Waals surface area contributed by atoms with Crippen molar-refractivity contribution in [1.29, 1.82) is 0 Å². The molecule has 0 saturated carbocycles. The normalized spacial score (nSPS) is 10.8. The van der Waals surface area contributed by atoms with E-state index in [1.165, 1.54) is 36.4 Å². The number of ether oxygens (including phenoxy) is 1. The first-order chi connectivity index (χ1) is 15.9. The molecule has 0 atom stereocenters. The summed E-state index contributed by atoms with van der Waals surface area (Å²) in [6.07, 6.45) is 0.794. The van der Waals surface area contributed by atoms with Crippen LogP contribution in [0.3, 0.4) is 0 Å². The first kappa shape index (κ1) is 23.8. The Morgan fingerprint density at radius 2 is 1.52 bits per heavy atom. The number of carbonyl (C=O) groups is 2. The van der Waals surface area contributed by atoms with Crippen LogP contribution in [0.15, 0.2) is 83.8 Å². The predicted octanol–water partition coefficient (Wildman–Crippen LogP) is 3.28. The average molecular weight is 468 g/mol. The van der Waals surface area contributed by atoms with E-state index < -0.39 is 15.9 Å². The summed E-state index contributed by atoms with van der Waals surface area (Å²) in [6.45, 7) is 2.33. The molecule has 0 fully saturated rings. The van der Waals surface area contributed by atoms with Crippen LogP contribution in [0.5, 0.6) is 5.75 Å². The van der Waals surface area contributed by atoms with Crippen LogP contribution in [-0.4, -0.2) is 26.8 Å². The van der Waals surface area contributed by atoms with Crippen LogP contribution >= 0.6 is 0 Å². The molecule has 0 unspecified atom stereocenters. The molecule has 0 saturated heterocycles. The first-order valence-corrected chi connectivity index (χ1v) is 11.8. The summed E-state index contributed by atoms with van der Waals surface area (Å²) in [4.78, 5) is 24.3. The van der Waals surface area contributed by atoms with Gasteiger partial charge in [0, 0.05) is 17.7 Å². The molecule has 3 aromatic rings. The highest BCUT2D eigenvalue weighted by molar-refractivity contribution is 7.92. The highest BCUT2D eigenvalue weighted by Crippen LogP contribution is 2.19. The van der Waals surface area contributed by atoms with Crippen LogP contribution < -0.4 is 20.3 Å². The highest BCUT2D eigenvalue weighted by atomic mass is 32.2. The lowest BCUT2D eigenvalue weighted by Crippen LogP contribution is -2.41. The molecule has 9 heteroatoms. The quantitative estimate of drug-likeness (QED) is 0.418. The van der Waals surface area contributed by atoms with Gasteiger partial charge in [-0.1, -0.05) is 30.3 Å². The van der Waals surface area contributed by atoms with Crippen LogP contribution in [0.25, 0.3) is 0 Å². The molecule has 0 aliphatic carbocycles. The minimum absolute atomic E-state index is 0.0889. The van der Waals surface area contributed by atoms with Gasteiger partial charge in [-0.15, -0.1) is 0 Å². The third kappa shape index (κ3) is 7.08. The number of hydrogen-bond donors (Lipinski definition) is 3. The van der Waals surface area contributed by atoms with Crippen molar-refractivity contribution in [2.45, 2.75) is 24.7 Å². The van der Waals surface area contributed by atoms with E-state index in [0.29, 0.717) is 24.5 Å². The zero-order valence-corrected chi connectivity index (χ0v) is 18.9. The van der Waals surface area contributed by atoms with E-state index in [9.17, 15) is 18.0 Å². The SMILES string of the molecule is CCOc1ccc(S(=O)(=O)Nc2ccc(C(=O)NNC(=O)CCc3ccccc3)cc2)cc1. The summed E-state index contributed by atoms with van der Waals surface area (Å²) in [6, 6.07) is 21.5. The molecule has 3 rings (SSSR count). The topological polar surface area (TPSA) is 114 Å². The third-order valence-electron chi connectivity index (χ3n) is 4.64. The van der Waals surface area contributed by atoms with E-state index in [4.69, 9.17) is 4.74 Å². The molecule has 0 aliphatic rings. The average Bonchev–Trinajstić information content (AvgIpc) is 2.82. The van der Waals surface area contributed by atoms with Gasteiger partial charge in [-0.3, -0.25) is 25.2 Å². The standard InChI is InChI=1S/C24H25N3O5S/c1-2-32-21-13-15-22(16-14-21)33(30,31)27-20-11-9-19(10-12-20)24(29)26-25-23(28)17-8-18-6-4-3-5-7-18/h3-7,9-16,27H,2,8,17H2,1H3,(H,25,28)(H,26,29). The maximum Gasteiger partial charge on any atom is 0.269 e. The van der Waals surface area contributed by atoms with Gasteiger partial charge < -0.3 is 4.74 Å². The second kappa shape index (κ2) is 11.1. The Balaban J connectivity index is 1.51. The maximum absolute atomic E-state index is 12.6. The summed E-state index contributed by atoms with van der Waals surface area (Å²) < 4.78 is 32.9. The van der Waals surface area contributed by atoms with Crippen molar-refractivity contribution >= 4 is 27.5 Å². The van der Waals surface area contributed by atoms with Crippen molar-refractivity contribution < 1.29 is 22.7 Å². The largest absolute Gasteiger partial charge is 0.494 e. The molecule has 2 amide bonds. The number of anilines is 1. The summed E-state index contributed by atoms with van der Waals surface area (Å²) in [5.41, 5.74) is 6.33. The van der Waals surface area contributed by atoms with E-state index in [2.05, 4.69) is 15.6 Å². The van der Waals surface area contributed by atoms with E-state index in [1.807, 2.05) is 37.3 Å². The fourth-order valence-electron chi connectivity index (χ4n) is 2.95. The molecule has 33 heavy (non-hydrogen) atoms. The number of sulfonamides is 1. The zero-order chi connectivity index (χ0) is 23.7. The second-order valence-corrected chi connectivity index (χ2v) is 8.76. The highest BCUT2D eigenvalue weighted by Gasteiger charge is 2.15. The third-order valence-corrected chi connectivity index (χ3v) is 6.04. The lowest BCUT2D eigenvalue weighted by Gasteiger charge is -2.10. The monoisotopic (exact) mass is 467 g/mol. The van der Waals surface area contributed by atoms with Crippen molar-refractivity contribution in [3.8, 4) is 5.75 Å². The molecule has 172 valence electrons. The van der Waals surface area contributed by atoms with Crippen LogP contribution in [0.4, 0.5) is 5.69 Å². The smallest absolute Gasteiger partial charge is 0.269 e. The number of carbonyl (C=O) groups excluding carboxylic acids is 2. The number of hydrazine groups is 1. The Bertz CT molecular complexity index is 1180. The van der Waals surface area contributed by atoms with Gasteiger partial charge >= 0.3 is 0 Å². The zero-order valence-electron chi connectivity index (χ0n) is 18.1. The van der Waals surface area contributed by atoms with Crippen molar-refractivity contribution in [3.05, 3.63) is 90.0 Å². The molecular formula is C24H25N3O5S.